The maximum absolute atomic E-state index is 11.4. The molecule has 0 fully saturated rings. The Morgan fingerprint density at radius 3 is 2.53 bits per heavy atom. The SMILES string of the molecule is CCN(CCCCC(C)(NC)C(N)=O)C(C)COC. The Morgan fingerprint density at radius 1 is 1.47 bits per heavy atom. The number of nitrogens with zero attached hydrogens (tertiary/aromatic N) is 1. The number of likely N-dealkylation sites (N-methyl/N-ethyl adjacent to an activating group) is 2. The standard InChI is InChI=1S/C14H31N3O2/c1-6-17(12(2)11-19-5)10-8-7-9-14(3,16-4)13(15)18/h12,16H,6-11H2,1-5H3,(H2,15,18). The summed E-state index contributed by atoms with van der Waals surface area (Å²) < 4.78 is 5.18. The molecule has 19 heavy (non-hydrogen) atoms. The Bertz CT molecular complexity index is 261. The normalized spacial score (nSPS) is 16.3. The van der Waals surface area contributed by atoms with Crippen molar-refractivity contribution in [2.75, 3.05) is 33.9 Å². The molecule has 0 saturated carbocycles. The third-order valence-electron chi connectivity index (χ3n) is 3.91. The van der Waals surface area contributed by atoms with Crippen LogP contribution in [0.15, 0.2) is 0 Å². The van der Waals surface area contributed by atoms with Crippen molar-refractivity contribution in [2.45, 2.75) is 51.6 Å². The highest BCUT2D eigenvalue weighted by molar-refractivity contribution is 5.84. The molecule has 3 N–H and O–H groups in total. The molecule has 0 aromatic carbocycles. The van der Waals surface area contributed by atoms with Crippen LogP contribution >= 0.6 is 0 Å². The highest BCUT2D eigenvalue weighted by Crippen LogP contribution is 2.13. The van der Waals surface area contributed by atoms with Crippen LogP contribution in [-0.2, 0) is 9.53 Å². The van der Waals surface area contributed by atoms with E-state index < -0.39 is 5.54 Å². The van der Waals surface area contributed by atoms with Crippen LogP contribution in [0.5, 0.6) is 0 Å². The fraction of sp³-hybridized carbons (Fsp3) is 0.929. The molecule has 2 unspecified atom stereocenters. The van der Waals surface area contributed by atoms with Gasteiger partial charge in [0, 0.05) is 13.2 Å². The molecule has 0 rings (SSSR count). The van der Waals surface area contributed by atoms with Crippen molar-refractivity contribution in [2.24, 2.45) is 5.73 Å². The van der Waals surface area contributed by atoms with E-state index in [0.29, 0.717) is 6.04 Å². The van der Waals surface area contributed by atoms with Gasteiger partial charge in [-0.25, -0.2) is 0 Å². The van der Waals surface area contributed by atoms with E-state index in [1.54, 1.807) is 14.2 Å². The topological polar surface area (TPSA) is 67.6 Å². The predicted octanol–water partition coefficient (Wildman–Crippen LogP) is 0.977. The lowest BCUT2D eigenvalue weighted by Crippen LogP contribution is -2.51. The number of nitrogens with one attached hydrogen (secondary N) is 1. The average molecular weight is 273 g/mol. The van der Waals surface area contributed by atoms with Crippen molar-refractivity contribution < 1.29 is 9.53 Å². The van der Waals surface area contributed by atoms with Crippen molar-refractivity contribution in [3.8, 4) is 0 Å². The number of hydrogen-bond acceptors (Lipinski definition) is 4. The Kier molecular flexibility index (Phi) is 8.97. The summed E-state index contributed by atoms with van der Waals surface area (Å²) in [6.07, 6.45) is 2.82. The Hall–Kier alpha value is -0.650. The zero-order valence-corrected chi connectivity index (χ0v) is 13.2. The summed E-state index contributed by atoms with van der Waals surface area (Å²) in [6, 6.07) is 0.432. The summed E-state index contributed by atoms with van der Waals surface area (Å²) in [7, 11) is 3.51. The number of ether oxygens (including phenoxy) is 1. The van der Waals surface area contributed by atoms with Crippen molar-refractivity contribution in [3.05, 3.63) is 0 Å². The molecule has 0 spiro atoms. The quantitative estimate of drug-likeness (QED) is 0.551. The van der Waals surface area contributed by atoms with Crippen molar-refractivity contribution in [3.63, 3.8) is 0 Å². The summed E-state index contributed by atoms with van der Waals surface area (Å²) in [5.41, 5.74) is 4.82. The van der Waals surface area contributed by atoms with Gasteiger partial charge in [0.05, 0.1) is 12.1 Å². The highest BCUT2D eigenvalue weighted by Gasteiger charge is 2.28. The first kappa shape index (κ1) is 18.4. The fourth-order valence-corrected chi connectivity index (χ4v) is 2.20. The minimum absolute atomic E-state index is 0.282. The fourth-order valence-electron chi connectivity index (χ4n) is 2.20. The molecular formula is C14H31N3O2. The first-order valence-corrected chi connectivity index (χ1v) is 7.13. The molecule has 2 atom stereocenters. The number of amides is 1. The number of carbonyl (C=O) groups is 1. The average Bonchev–Trinajstić information content (AvgIpc) is 2.38. The van der Waals surface area contributed by atoms with Crippen molar-refractivity contribution in [1.82, 2.24) is 10.2 Å². The summed E-state index contributed by atoms with van der Waals surface area (Å²) in [5, 5.41) is 3.01. The molecule has 114 valence electrons. The van der Waals surface area contributed by atoms with Crippen LogP contribution in [0.25, 0.3) is 0 Å². The lowest BCUT2D eigenvalue weighted by molar-refractivity contribution is -0.123. The van der Waals surface area contributed by atoms with E-state index in [2.05, 4.69) is 24.1 Å². The predicted molar refractivity (Wildman–Crippen MR) is 79.1 cm³/mol. The molecule has 0 saturated heterocycles. The van der Waals surface area contributed by atoms with Gasteiger partial charge in [0.25, 0.3) is 0 Å². The minimum atomic E-state index is -0.588. The van der Waals surface area contributed by atoms with Crippen LogP contribution in [0.2, 0.25) is 0 Å². The van der Waals surface area contributed by atoms with E-state index in [1.807, 2.05) is 6.92 Å². The Morgan fingerprint density at radius 2 is 2.11 bits per heavy atom. The molecule has 1 amide bonds. The van der Waals surface area contributed by atoms with Gasteiger partial charge in [-0.3, -0.25) is 9.69 Å². The van der Waals surface area contributed by atoms with Crippen molar-refractivity contribution >= 4 is 5.91 Å². The number of hydrogen-bond donors (Lipinski definition) is 2. The van der Waals surface area contributed by atoms with Gasteiger partial charge < -0.3 is 15.8 Å². The summed E-state index contributed by atoms with van der Waals surface area (Å²) in [4.78, 5) is 13.8. The minimum Gasteiger partial charge on any atom is -0.383 e. The van der Waals surface area contributed by atoms with Crippen LogP contribution in [0, 0.1) is 0 Å². The van der Waals surface area contributed by atoms with Crippen LogP contribution in [0.4, 0.5) is 0 Å². The molecule has 0 aromatic rings. The van der Waals surface area contributed by atoms with Gasteiger partial charge in [-0.05, 0) is 53.2 Å². The van der Waals surface area contributed by atoms with E-state index in [9.17, 15) is 4.79 Å². The van der Waals surface area contributed by atoms with Gasteiger partial charge in [0.1, 0.15) is 0 Å². The molecular weight excluding hydrogens is 242 g/mol. The first-order valence-electron chi connectivity index (χ1n) is 7.13. The number of primary amides is 1. The van der Waals surface area contributed by atoms with Gasteiger partial charge in [0.2, 0.25) is 5.91 Å². The van der Waals surface area contributed by atoms with E-state index in [0.717, 1.165) is 39.0 Å². The number of nitrogens with two attached hydrogens (primary N) is 1. The van der Waals surface area contributed by atoms with Crippen LogP contribution in [-0.4, -0.2) is 56.2 Å². The maximum atomic E-state index is 11.4. The van der Waals surface area contributed by atoms with Crippen LogP contribution < -0.4 is 11.1 Å². The van der Waals surface area contributed by atoms with E-state index in [-0.39, 0.29) is 5.91 Å². The third kappa shape index (κ3) is 6.36. The Labute approximate surface area is 117 Å². The van der Waals surface area contributed by atoms with E-state index in [4.69, 9.17) is 10.5 Å². The van der Waals surface area contributed by atoms with Gasteiger partial charge in [-0.1, -0.05) is 6.92 Å². The lowest BCUT2D eigenvalue weighted by atomic mass is 9.94. The van der Waals surface area contributed by atoms with Gasteiger partial charge in [0.15, 0.2) is 0 Å². The van der Waals surface area contributed by atoms with Gasteiger partial charge in [-0.15, -0.1) is 0 Å². The van der Waals surface area contributed by atoms with Gasteiger partial charge in [-0.2, -0.15) is 0 Å². The smallest absolute Gasteiger partial charge is 0.237 e. The van der Waals surface area contributed by atoms with E-state index >= 15 is 0 Å². The molecule has 0 aliphatic carbocycles. The maximum Gasteiger partial charge on any atom is 0.237 e. The second kappa shape index (κ2) is 9.28. The van der Waals surface area contributed by atoms with Crippen LogP contribution in [0.1, 0.15) is 40.0 Å². The second-order valence-electron chi connectivity index (χ2n) is 5.34. The number of methoxy groups -OCH3 is 1. The third-order valence-corrected chi connectivity index (χ3v) is 3.91. The zero-order valence-electron chi connectivity index (χ0n) is 13.2. The molecule has 0 radical (unpaired) electrons. The molecule has 0 heterocycles. The number of carbonyl (C=O) groups excluding carboxylic acids is 1. The van der Waals surface area contributed by atoms with Crippen molar-refractivity contribution in [1.29, 1.82) is 0 Å². The molecule has 0 aromatic heterocycles. The molecule has 5 heteroatoms. The number of rotatable bonds is 11. The summed E-state index contributed by atoms with van der Waals surface area (Å²) in [5.74, 6) is -0.282. The van der Waals surface area contributed by atoms with Gasteiger partial charge >= 0.3 is 0 Å². The molecule has 5 nitrogen and oxygen atoms in total. The molecule has 0 aliphatic heterocycles. The monoisotopic (exact) mass is 273 g/mol. The lowest BCUT2D eigenvalue weighted by Gasteiger charge is -2.28. The second-order valence-corrected chi connectivity index (χ2v) is 5.34. The molecule has 0 bridgehead atoms. The van der Waals surface area contributed by atoms with E-state index in [1.165, 1.54) is 0 Å². The van der Waals surface area contributed by atoms with Crippen LogP contribution in [0.3, 0.4) is 0 Å². The summed E-state index contributed by atoms with van der Waals surface area (Å²) in [6.45, 7) is 8.99. The summed E-state index contributed by atoms with van der Waals surface area (Å²) >= 11 is 0. The zero-order chi connectivity index (χ0) is 14.9. The largest absolute Gasteiger partial charge is 0.383 e. The number of unbranched alkanes of at least 4 members (excludes halogenated alkanes) is 1. The highest BCUT2D eigenvalue weighted by atomic mass is 16.5. The first-order chi connectivity index (χ1) is 8.91. The Balaban J connectivity index is 4.04. The molecule has 0 aliphatic rings.